The maximum atomic E-state index is 12.7. The van der Waals surface area contributed by atoms with Crippen LogP contribution in [-0.4, -0.2) is 15.5 Å². The fourth-order valence-corrected chi connectivity index (χ4v) is 3.37. The molecule has 0 heterocycles. The van der Waals surface area contributed by atoms with Crippen LogP contribution in [0.5, 0.6) is 0 Å². The summed E-state index contributed by atoms with van der Waals surface area (Å²) in [5.74, 6) is 0. The van der Waals surface area contributed by atoms with E-state index < -0.39 is 10.0 Å². The summed E-state index contributed by atoms with van der Waals surface area (Å²) in [5.41, 5.74) is 9.87. The van der Waals surface area contributed by atoms with Crippen molar-refractivity contribution in [1.82, 2.24) is 0 Å². The highest BCUT2D eigenvalue weighted by atomic mass is 32.2. The van der Waals surface area contributed by atoms with Crippen molar-refractivity contribution in [3.05, 3.63) is 53.1 Å². The van der Waals surface area contributed by atoms with E-state index in [9.17, 15) is 8.42 Å². The monoisotopic (exact) mass is 304 g/mol. The van der Waals surface area contributed by atoms with Crippen LogP contribution in [0.1, 0.15) is 16.7 Å². The highest BCUT2D eigenvalue weighted by Gasteiger charge is 2.22. The van der Waals surface area contributed by atoms with Crippen molar-refractivity contribution < 1.29 is 8.42 Å². The van der Waals surface area contributed by atoms with Gasteiger partial charge in [-0.3, -0.25) is 4.31 Å². The highest BCUT2D eigenvalue weighted by molar-refractivity contribution is 7.92. The number of anilines is 2. The Morgan fingerprint density at radius 3 is 2.10 bits per heavy atom. The Labute approximate surface area is 126 Å². The number of nitrogen functional groups attached to an aromatic ring is 1. The van der Waals surface area contributed by atoms with Gasteiger partial charge in [-0.2, -0.15) is 0 Å². The third-order valence-electron chi connectivity index (χ3n) is 3.74. The van der Waals surface area contributed by atoms with Crippen molar-refractivity contribution in [3.63, 3.8) is 0 Å². The van der Waals surface area contributed by atoms with E-state index in [1.807, 2.05) is 32.9 Å². The molecule has 112 valence electrons. The van der Waals surface area contributed by atoms with E-state index in [2.05, 4.69) is 0 Å². The molecule has 0 aromatic heterocycles. The molecule has 5 heteroatoms. The molecule has 0 aliphatic heterocycles. The maximum absolute atomic E-state index is 12.7. The number of sulfonamides is 1. The Hall–Kier alpha value is -2.01. The molecule has 0 radical (unpaired) electrons. The van der Waals surface area contributed by atoms with E-state index in [1.54, 1.807) is 25.2 Å². The van der Waals surface area contributed by atoms with E-state index in [0.29, 0.717) is 11.4 Å². The summed E-state index contributed by atoms with van der Waals surface area (Å²) in [6.45, 7) is 5.70. The molecular formula is C16H20N2O2S. The van der Waals surface area contributed by atoms with Crippen molar-refractivity contribution >= 4 is 21.4 Å². The smallest absolute Gasteiger partial charge is 0.264 e. The minimum absolute atomic E-state index is 0.214. The van der Waals surface area contributed by atoms with Crippen molar-refractivity contribution in [2.45, 2.75) is 25.7 Å². The van der Waals surface area contributed by atoms with E-state index in [0.717, 1.165) is 16.7 Å². The average Bonchev–Trinajstić information content (AvgIpc) is 2.44. The van der Waals surface area contributed by atoms with Gasteiger partial charge in [0.15, 0.2) is 0 Å². The molecule has 0 aliphatic rings. The predicted molar refractivity (Wildman–Crippen MR) is 87.1 cm³/mol. The van der Waals surface area contributed by atoms with Crippen LogP contribution in [0.3, 0.4) is 0 Å². The summed E-state index contributed by atoms with van der Waals surface area (Å²) >= 11 is 0. The average molecular weight is 304 g/mol. The van der Waals surface area contributed by atoms with Crippen LogP contribution in [0.15, 0.2) is 41.3 Å². The summed E-state index contributed by atoms with van der Waals surface area (Å²) in [5, 5.41) is 0. The number of aryl methyl sites for hydroxylation is 2. The summed E-state index contributed by atoms with van der Waals surface area (Å²) in [7, 11) is -2.07. The first-order valence-electron chi connectivity index (χ1n) is 6.66. The zero-order valence-electron chi connectivity index (χ0n) is 12.7. The van der Waals surface area contributed by atoms with Gasteiger partial charge in [-0.15, -0.1) is 0 Å². The molecule has 21 heavy (non-hydrogen) atoms. The SMILES string of the molecule is Cc1ccc(N(C)S(=O)(=O)c2cc(C)c(C)c(N)c2)cc1. The Balaban J connectivity index is 2.49. The molecular weight excluding hydrogens is 284 g/mol. The molecule has 0 unspecified atom stereocenters. The topological polar surface area (TPSA) is 63.4 Å². The molecule has 0 saturated carbocycles. The van der Waals surface area contributed by atoms with Gasteiger partial charge in [0.05, 0.1) is 10.6 Å². The second-order valence-electron chi connectivity index (χ2n) is 5.26. The molecule has 2 aromatic rings. The zero-order valence-corrected chi connectivity index (χ0v) is 13.5. The zero-order chi connectivity index (χ0) is 15.8. The van der Waals surface area contributed by atoms with Gasteiger partial charge in [-0.1, -0.05) is 17.7 Å². The van der Waals surface area contributed by atoms with Gasteiger partial charge in [0.2, 0.25) is 0 Å². The van der Waals surface area contributed by atoms with Gasteiger partial charge in [0.25, 0.3) is 10.0 Å². The molecule has 0 fully saturated rings. The number of hydrogen-bond donors (Lipinski definition) is 1. The molecule has 4 nitrogen and oxygen atoms in total. The van der Waals surface area contributed by atoms with E-state index >= 15 is 0 Å². The van der Waals surface area contributed by atoms with Gasteiger partial charge in [-0.25, -0.2) is 8.42 Å². The second kappa shape index (κ2) is 5.41. The number of hydrogen-bond acceptors (Lipinski definition) is 3. The molecule has 2 aromatic carbocycles. The minimum atomic E-state index is -3.61. The van der Waals surface area contributed by atoms with Crippen molar-refractivity contribution in [1.29, 1.82) is 0 Å². The fourth-order valence-electron chi connectivity index (χ4n) is 2.05. The lowest BCUT2D eigenvalue weighted by Gasteiger charge is -2.20. The minimum Gasteiger partial charge on any atom is -0.398 e. The first-order chi connectivity index (χ1) is 9.73. The molecule has 0 bridgehead atoms. The lowest BCUT2D eigenvalue weighted by molar-refractivity contribution is 0.594. The van der Waals surface area contributed by atoms with Gasteiger partial charge in [0, 0.05) is 12.7 Å². The molecule has 0 saturated heterocycles. The van der Waals surface area contributed by atoms with Crippen molar-refractivity contribution in [2.24, 2.45) is 0 Å². The van der Waals surface area contributed by atoms with Crippen LogP contribution in [0, 0.1) is 20.8 Å². The number of nitrogens with two attached hydrogens (primary N) is 1. The Morgan fingerprint density at radius 1 is 1.00 bits per heavy atom. The highest BCUT2D eigenvalue weighted by Crippen LogP contribution is 2.26. The van der Waals surface area contributed by atoms with Crippen LogP contribution < -0.4 is 10.0 Å². The predicted octanol–water partition coefficient (Wildman–Crippen LogP) is 3.02. The number of rotatable bonds is 3. The Morgan fingerprint density at radius 2 is 1.57 bits per heavy atom. The number of nitrogens with zero attached hydrogens (tertiary/aromatic N) is 1. The van der Waals surface area contributed by atoms with Crippen LogP contribution in [0.25, 0.3) is 0 Å². The van der Waals surface area contributed by atoms with Gasteiger partial charge >= 0.3 is 0 Å². The summed E-state index contributed by atoms with van der Waals surface area (Å²) < 4.78 is 26.7. The third-order valence-corrected chi connectivity index (χ3v) is 5.50. The van der Waals surface area contributed by atoms with Crippen LogP contribution in [0.4, 0.5) is 11.4 Å². The maximum Gasteiger partial charge on any atom is 0.264 e. The van der Waals surface area contributed by atoms with Crippen molar-refractivity contribution in [3.8, 4) is 0 Å². The second-order valence-corrected chi connectivity index (χ2v) is 7.23. The standard InChI is InChI=1S/C16H20N2O2S/c1-11-5-7-14(8-6-11)18(4)21(19,20)15-9-12(2)13(3)16(17)10-15/h5-10H,17H2,1-4H3. The Bertz CT molecular complexity index is 742. The van der Waals surface area contributed by atoms with Gasteiger partial charge < -0.3 is 5.73 Å². The molecule has 0 aliphatic carbocycles. The first-order valence-corrected chi connectivity index (χ1v) is 8.10. The van der Waals surface area contributed by atoms with Crippen LogP contribution >= 0.6 is 0 Å². The van der Waals surface area contributed by atoms with E-state index in [1.165, 1.54) is 10.4 Å². The molecule has 2 N–H and O–H groups in total. The van der Waals surface area contributed by atoms with E-state index in [4.69, 9.17) is 5.73 Å². The molecule has 2 rings (SSSR count). The van der Waals surface area contributed by atoms with Crippen LogP contribution in [0.2, 0.25) is 0 Å². The number of benzene rings is 2. The summed E-state index contributed by atoms with van der Waals surface area (Å²) in [4.78, 5) is 0.214. The van der Waals surface area contributed by atoms with Crippen LogP contribution in [-0.2, 0) is 10.0 Å². The third kappa shape index (κ3) is 2.88. The van der Waals surface area contributed by atoms with Crippen molar-refractivity contribution in [2.75, 3.05) is 17.1 Å². The lowest BCUT2D eigenvalue weighted by atomic mass is 10.1. The molecule has 0 atom stereocenters. The van der Waals surface area contributed by atoms with E-state index in [-0.39, 0.29) is 4.90 Å². The van der Waals surface area contributed by atoms with Gasteiger partial charge in [-0.05, 0) is 56.2 Å². The molecule has 0 amide bonds. The first kappa shape index (κ1) is 15.4. The quantitative estimate of drug-likeness (QED) is 0.887. The van der Waals surface area contributed by atoms with Gasteiger partial charge in [0.1, 0.15) is 0 Å². The summed E-state index contributed by atoms with van der Waals surface area (Å²) in [6, 6.07) is 10.5. The normalized spacial score (nSPS) is 11.4. The summed E-state index contributed by atoms with van der Waals surface area (Å²) in [6.07, 6.45) is 0. The fraction of sp³-hybridized carbons (Fsp3) is 0.250. The lowest BCUT2D eigenvalue weighted by Crippen LogP contribution is -2.26. The largest absolute Gasteiger partial charge is 0.398 e. The Kier molecular flexibility index (Phi) is 3.96. The molecule has 0 spiro atoms.